The van der Waals surface area contributed by atoms with Gasteiger partial charge in [0.05, 0.1) is 0 Å². The SMILES string of the molecule is Cc1ccc(N[C@H](C)C(=O)NCc2ccc3c(c2)OCO3)cc1F. The number of carbonyl (C=O) groups excluding carboxylic acids is 1. The van der Waals surface area contributed by atoms with E-state index in [-0.39, 0.29) is 18.5 Å². The number of fused-ring (bicyclic) bond motifs is 1. The van der Waals surface area contributed by atoms with Gasteiger partial charge in [0.25, 0.3) is 0 Å². The molecule has 0 aliphatic carbocycles. The first-order valence-corrected chi connectivity index (χ1v) is 7.72. The molecule has 5 nitrogen and oxygen atoms in total. The van der Waals surface area contributed by atoms with Crippen molar-refractivity contribution in [2.75, 3.05) is 12.1 Å². The highest BCUT2D eigenvalue weighted by molar-refractivity contribution is 5.84. The van der Waals surface area contributed by atoms with Crippen LogP contribution in [0.15, 0.2) is 36.4 Å². The zero-order chi connectivity index (χ0) is 17.1. The van der Waals surface area contributed by atoms with Gasteiger partial charge in [-0.3, -0.25) is 4.79 Å². The first-order chi connectivity index (χ1) is 11.5. The Morgan fingerprint density at radius 2 is 2.00 bits per heavy atom. The number of hydrogen-bond donors (Lipinski definition) is 2. The van der Waals surface area contributed by atoms with Crippen LogP contribution in [-0.4, -0.2) is 18.7 Å². The molecule has 0 unspecified atom stereocenters. The van der Waals surface area contributed by atoms with Gasteiger partial charge in [-0.1, -0.05) is 12.1 Å². The number of nitrogens with one attached hydrogen (secondary N) is 2. The Morgan fingerprint density at radius 1 is 1.21 bits per heavy atom. The standard InChI is InChI=1S/C18H19FN2O3/c1-11-3-5-14(8-15(11)19)21-12(2)18(22)20-9-13-4-6-16-17(7-13)24-10-23-16/h3-8,12,21H,9-10H2,1-2H3,(H,20,22)/t12-/m1/s1. The molecule has 0 aromatic heterocycles. The second-order valence-corrected chi connectivity index (χ2v) is 5.74. The molecule has 3 rings (SSSR count). The smallest absolute Gasteiger partial charge is 0.242 e. The van der Waals surface area contributed by atoms with Crippen molar-refractivity contribution in [3.05, 3.63) is 53.3 Å². The Bertz CT molecular complexity index is 764. The fourth-order valence-electron chi connectivity index (χ4n) is 2.39. The molecule has 0 saturated carbocycles. The summed E-state index contributed by atoms with van der Waals surface area (Å²) in [6.07, 6.45) is 0. The summed E-state index contributed by atoms with van der Waals surface area (Å²) in [5, 5.41) is 5.84. The first-order valence-electron chi connectivity index (χ1n) is 7.72. The Labute approximate surface area is 139 Å². The van der Waals surface area contributed by atoms with Crippen LogP contribution in [0.25, 0.3) is 0 Å². The lowest BCUT2D eigenvalue weighted by molar-refractivity contribution is -0.121. The van der Waals surface area contributed by atoms with Gasteiger partial charge in [-0.2, -0.15) is 0 Å². The summed E-state index contributed by atoms with van der Waals surface area (Å²) >= 11 is 0. The average molecular weight is 330 g/mol. The molecule has 1 aliphatic heterocycles. The average Bonchev–Trinajstić information content (AvgIpc) is 3.03. The van der Waals surface area contributed by atoms with Crippen molar-refractivity contribution in [3.8, 4) is 11.5 Å². The topological polar surface area (TPSA) is 59.6 Å². The van der Waals surface area contributed by atoms with Gasteiger partial charge in [-0.15, -0.1) is 0 Å². The Kier molecular flexibility index (Phi) is 4.55. The molecule has 1 heterocycles. The number of anilines is 1. The van der Waals surface area contributed by atoms with Crippen molar-refractivity contribution in [1.82, 2.24) is 5.32 Å². The molecule has 0 bridgehead atoms. The zero-order valence-corrected chi connectivity index (χ0v) is 13.6. The Balaban J connectivity index is 1.55. The van der Waals surface area contributed by atoms with Crippen LogP contribution in [0.5, 0.6) is 11.5 Å². The van der Waals surface area contributed by atoms with Crippen LogP contribution in [0.4, 0.5) is 10.1 Å². The number of halogens is 1. The molecular weight excluding hydrogens is 311 g/mol. The number of amides is 1. The van der Waals surface area contributed by atoms with Gasteiger partial charge in [0.2, 0.25) is 12.7 Å². The quantitative estimate of drug-likeness (QED) is 0.885. The summed E-state index contributed by atoms with van der Waals surface area (Å²) < 4.78 is 24.1. The van der Waals surface area contributed by atoms with Crippen molar-refractivity contribution in [1.29, 1.82) is 0 Å². The molecule has 1 atom stereocenters. The zero-order valence-electron chi connectivity index (χ0n) is 13.6. The minimum Gasteiger partial charge on any atom is -0.454 e. The van der Waals surface area contributed by atoms with E-state index < -0.39 is 6.04 Å². The van der Waals surface area contributed by atoms with Crippen LogP contribution in [0, 0.1) is 12.7 Å². The van der Waals surface area contributed by atoms with E-state index in [1.165, 1.54) is 6.07 Å². The molecule has 2 aromatic rings. The van der Waals surface area contributed by atoms with Gasteiger partial charge in [0.1, 0.15) is 11.9 Å². The second-order valence-electron chi connectivity index (χ2n) is 5.74. The minimum absolute atomic E-state index is 0.173. The fourth-order valence-corrected chi connectivity index (χ4v) is 2.39. The summed E-state index contributed by atoms with van der Waals surface area (Å²) in [6, 6.07) is 9.87. The number of ether oxygens (including phenoxy) is 2. The van der Waals surface area contributed by atoms with E-state index in [0.717, 1.165) is 5.56 Å². The van der Waals surface area contributed by atoms with Gasteiger partial charge < -0.3 is 20.1 Å². The first kappa shape index (κ1) is 16.1. The number of aryl methyl sites for hydroxylation is 1. The summed E-state index contributed by atoms with van der Waals surface area (Å²) in [6.45, 7) is 4.02. The van der Waals surface area contributed by atoms with Crippen molar-refractivity contribution in [2.24, 2.45) is 0 Å². The molecule has 126 valence electrons. The largest absolute Gasteiger partial charge is 0.454 e. The van der Waals surface area contributed by atoms with E-state index in [9.17, 15) is 9.18 Å². The van der Waals surface area contributed by atoms with E-state index in [0.29, 0.717) is 29.3 Å². The third-order valence-corrected chi connectivity index (χ3v) is 3.85. The monoisotopic (exact) mass is 330 g/mol. The van der Waals surface area contributed by atoms with Crippen LogP contribution in [0.1, 0.15) is 18.1 Å². The van der Waals surface area contributed by atoms with E-state index in [1.807, 2.05) is 18.2 Å². The highest BCUT2D eigenvalue weighted by atomic mass is 19.1. The van der Waals surface area contributed by atoms with Crippen LogP contribution in [0.3, 0.4) is 0 Å². The van der Waals surface area contributed by atoms with Gasteiger partial charge in [0, 0.05) is 12.2 Å². The van der Waals surface area contributed by atoms with E-state index in [1.54, 1.807) is 26.0 Å². The van der Waals surface area contributed by atoms with Crippen molar-refractivity contribution in [3.63, 3.8) is 0 Å². The number of carbonyl (C=O) groups is 1. The lowest BCUT2D eigenvalue weighted by atomic mass is 10.2. The Hall–Kier alpha value is -2.76. The fraction of sp³-hybridized carbons (Fsp3) is 0.278. The van der Waals surface area contributed by atoms with E-state index in [4.69, 9.17) is 9.47 Å². The molecule has 0 fully saturated rings. The molecule has 6 heteroatoms. The van der Waals surface area contributed by atoms with Crippen molar-refractivity contribution >= 4 is 11.6 Å². The molecule has 0 saturated heterocycles. The van der Waals surface area contributed by atoms with Crippen LogP contribution >= 0.6 is 0 Å². The van der Waals surface area contributed by atoms with Gasteiger partial charge in [-0.05, 0) is 49.2 Å². The van der Waals surface area contributed by atoms with Gasteiger partial charge in [-0.25, -0.2) is 4.39 Å². The molecule has 2 aromatic carbocycles. The van der Waals surface area contributed by atoms with Gasteiger partial charge >= 0.3 is 0 Å². The van der Waals surface area contributed by atoms with Crippen molar-refractivity contribution in [2.45, 2.75) is 26.4 Å². The minimum atomic E-state index is -0.485. The lowest BCUT2D eigenvalue weighted by Crippen LogP contribution is -2.37. The number of benzene rings is 2. The number of hydrogen-bond acceptors (Lipinski definition) is 4. The van der Waals surface area contributed by atoms with Crippen LogP contribution < -0.4 is 20.1 Å². The molecule has 0 spiro atoms. The predicted octanol–water partition coefficient (Wildman–Crippen LogP) is 2.98. The summed E-state index contributed by atoms with van der Waals surface area (Å²) in [4.78, 5) is 12.2. The number of rotatable bonds is 5. The molecule has 24 heavy (non-hydrogen) atoms. The Morgan fingerprint density at radius 3 is 2.79 bits per heavy atom. The maximum atomic E-state index is 13.5. The molecule has 1 amide bonds. The normalized spacial score (nSPS) is 13.5. The maximum Gasteiger partial charge on any atom is 0.242 e. The summed E-state index contributed by atoms with van der Waals surface area (Å²) in [5.41, 5.74) is 2.06. The molecule has 2 N–H and O–H groups in total. The summed E-state index contributed by atoms with van der Waals surface area (Å²) in [7, 11) is 0. The lowest BCUT2D eigenvalue weighted by Gasteiger charge is -2.16. The highest BCUT2D eigenvalue weighted by Gasteiger charge is 2.15. The van der Waals surface area contributed by atoms with Crippen LogP contribution in [-0.2, 0) is 11.3 Å². The second kappa shape index (κ2) is 6.78. The highest BCUT2D eigenvalue weighted by Crippen LogP contribution is 2.32. The molecule has 0 radical (unpaired) electrons. The predicted molar refractivity (Wildman–Crippen MR) is 88.6 cm³/mol. The van der Waals surface area contributed by atoms with Crippen LogP contribution in [0.2, 0.25) is 0 Å². The van der Waals surface area contributed by atoms with E-state index >= 15 is 0 Å². The van der Waals surface area contributed by atoms with Gasteiger partial charge in [0.15, 0.2) is 11.5 Å². The summed E-state index contributed by atoms with van der Waals surface area (Å²) in [5.74, 6) is 0.922. The maximum absolute atomic E-state index is 13.5. The van der Waals surface area contributed by atoms with E-state index in [2.05, 4.69) is 10.6 Å². The third kappa shape index (κ3) is 3.59. The molecule has 1 aliphatic rings. The third-order valence-electron chi connectivity index (χ3n) is 3.85. The molecular formula is C18H19FN2O3. The van der Waals surface area contributed by atoms with Crippen molar-refractivity contribution < 1.29 is 18.7 Å².